The van der Waals surface area contributed by atoms with Gasteiger partial charge in [-0.15, -0.1) is 0 Å². The van der Waals surface area contributed by atoms with Gasteiger partial charge in [-0.05, 0) is 39.2 Å². The molecule has 160 valence electrons. The van der Waals surface area contributed by atoms with Crippen LogP contribution >= 0.6 is 0 Å². The average Bonchev–Trinajstić information content (AvgIpc) is 2.62. The molecule has 1 rings (SSSR count). The number of rotatable bonds is 10. The molecule has 2 N–H and O–H groups in total. The molecule has 2 atom stereocenters. The van der Waals surface area contributed by atoms with Gasteiger partial charge < -0.3 is 19.9 Å². The fraction of sp³-hybridized carbons (Fsp3) is 0.524. The maximum absolute atomic E-state index is 12.9. The Hall–Kier alpha value is -2.90. The number of carboxylic acid groups (broad SMARTS) is 1. The zero-order chi connectivity index (χ0) is 22.0. The maximum Gasteiger partial charge on any atom is 0.328 e. The highest BCUT2D eigenvalue weighted by Gasteiger charge is 2.30. The summed E-state index contributed by atoms with van der Waals surface area (Å²) >= 11 is 0. The van der Waals surface area contributed by atoms with Gasteiger partial charge in [-0.25, -0.2) is 4.79 Å². The molecule has 1 aromatic carbocycles. The zero-order valence-electron chi connectivity index (χ0n) is 17.3. The largest absolute Gasteiger partial charge is 0.481 e. The van der Waals surface area contributed by atoms with Crippen LogP contribution < -0.4 is 5.32 Å². The molecule has 29 heavy (non-hydrogen) atoms. The minimum Gasteiger partial charge on any atom is -0.481 e. The van der Waals surface area contributed by atoms with Crippen molar-refractivity contribution >= 4 is 23.8 Å². The van der Waals surface area contributed by atoms with Crippen molar-refractivity contribution in [3.05, 3.63) is 35.9 Å². The number of hydrogen-bond donors (Lipinski definition) is 2. The van der Waals surface area contributed by atoms with Crippen LogP contribution in [0.25, 0.3) is 0 Å². The second kappa shape index (κ2) is 11.2. The number of hydrogen-bond acceptors (Lipinski definition) is 6. The molecule has 1 aromatic rings. The van der Waals surface area contributed by atoms with Crippen LogP contribution in [0.3, 0.4) is 0 Å². The van der Waals surface area contributed by atoms with E-state index in [9.17, 15) is 19.2 Å². The van der Waals surface area contributed by atoms with E-state index in [0.29, 0.717) is 0 Å². The molecular weight excluding hydrogens is 378 g/mol. The molecule has 0 bridgehead atoms. The predicted octanol–water partition coefficient (Wildman–Crippen LogP) is 2.10. The van der Waals surface area contributed by atoms with Crippen molar-refractivity contribution in [1.29, 1.82) is 0 Å². The number of ether oxygens (including phenoxy) is 2. The lowest BCUT2D eigenvalue weighted by molar-refractivity contribution is -0.157. The molecule has 0 fully saturated rings. The summed E-state index contributed by atoms with van der Waals surface area (Å²) in [6, 6.07) is 8.03. The van der Waals surface area contributed by atoms with Crippen molar-refractivity contribution in [3.8, 4) is 0 Å². The number of nitrogens with one attached hydrogen (secondary N) is 1. The van der Waals surface area contributed by atoms with Gasteiger partial charge in [0, 0.05) is 6.42 Å². The van der Waals surface area contributed by atoms with Crippen LogP contribution in [0.2, 0.25) is 0 Å². The number of methoxy groups -OCH3 is 1. The van der Waals surface area contributed by atoms with E-state index < -0.39 is 41.4 Å². The van der Waals surface area contributed by atoms with E-state index in [-0.39, 0.29) is 25.7 Å². The summed E-state index contributed by atoms with van der Waals surface area (Å²) < 4.78 is 9.97. The topological polar surface area (TPSA) is 119 Å². The van der Waals surface area contributed by atoms with Crippen LogP contribution in [-0.2, 0) is 35.1 Å². The fourth-order valence-corrected chi connectivity index (χ4v) is 2.69. The van der Waals surface area contributed by atoms with Crippen molar-refractivity contribution < 1.29 is 33.8 Å². The fourth-order valence-electron chi connectivity index (χ4n) is 2.69. The predicted molar refractivity (Wildman–Crippen MR) is 105 cm³/mol. The Labute approximate surface area is 170 Å². The van der Waals surface area contributed by atoms with Crippen LogP contribution in [0.1, 0.15) is 45.6 Å². The third kappa shape index (κ3) is 9.73. The van der Waals surface area contributed by atoms with E-state index in [4.69, 9.17) is 9.84 Å². The molecule has 0 saturated carbocycles. The first-order valence-corrected chi connectivity index (χ1v) is 9.37. The Morgan fingerprint density at radius 3 is 2.24 bits per heavy atom. The van der Waals surface area contributed by atoms with Gasteiger partial charge >= 0.3 is 17.9 Å². The number of carbonyl (C=O) groups is 4. The quantitative estimate of drug-likeness (QED) is 0.570. The van der Waals surface area contributed by atoms with Gasteiger partial charge in [-0.1, -0.05) is 30.3 Å². The lowest BCUT2D eigenvalue weighted by Crippen LogP contribution is -2.45. The van der Waals surface area contributed by atoms with E-state index in [2.05, 4.69) is 10.1 Å². The highest BCUT2D eigenvalue weighted by Crippen LogP contribution is 2.17. The van der Waals surface area contributed by atoms with Gasteiger partial charge in [0.05, 0.1) is 19.4 Å². The van der Waals surface area contributed by atoms with Gasteiger partial charge in [0.2, 0.25) is 5.91 Å². The van der Waals surface area contributed by atoms with Crippen LogP contribution in [0, 0.1) is 5.92 Å². The average molecular weight is 407 g/mol. The van der Waals surface area contributed by atoms with E-state index in [0.717, 1.165) is 12.7 Å². The van der Waals surface area contributed by atoms with Crippen molar-refractivity contribution in [2.75, 3.05) is 7.11 Å². The lowest BCUT2D eigenvalue weighted by Gasteiger charge is -2.23. The van der Waals surface area contributed by atoms with Crippen LogP contribution in [0.5, 0.6) is 0 Å². The van der Waals surface area contributed by atoms with E-state index in [1.165, 1.54) is 0 Å². The van der Waals surface area contributed by atoms with Crippen LogP contribution in [0.4, 0.5) is 0 Å². The number of benzene rings is 1. The highest BCUT2D eigenvalue weighted by atomic mass is 16.6. The normalized spacial score (nSPS) is 13.1. The molecule has 0 heterocycles. The Balaban J connectivity index is 2.95. The van der Waals surface area contributed by atoms with Crippen molar-refractivity contribution in [2.45, 2.75) is 58.1 Å². The summed E-state index contributed by atoms with van der Waals surface area (Å²) in [7, 11) is 1.16. The zero-order valence-corrected chi connectivity index (χ0v) is 17.3. The Kier molecular flexibility index (Phi) is 9.31. The molecule has 0 aromatic heterocycles. The molecule has 0 radical (unpaired) electrons. The minimum absolute atomic E-state index is 0.113. The van der Waals surface area contributed by atoms with Gasteiger partial charge in [0.1, 0.15) is 11.6 Å². The first-order chi connectivity index (χ1) is 13.5. The first kappa shape index (κ1) is 24.1. The molecule has 0 aliphatic heterocycles. The Morgan fingerprint density at radius 2 is 1.72 bits per heavy atom. The number of aliphatic carboxylic acids is 1. The number of carboxylic acids is 1. The van der Waals surface area contributed by atoms with Crippen LogP contribution in [0.15, 0.2) is 30.3 Å². The van der Waals surface area contributed by atoms with Gasteiger partial charge in [0.25, 0.3) is 0 Å². The molecule has 8 nitrogen and oxygen atoms in total. The molecule has 0 aliphatic carbocycles. The number of esters is 2. The maximum atomic E-state index is 12.9. The summed E-state index contributed by atoms with van der Waals surface area (Å²) in [5.41, 5.74) is 0.150. The van der Waals surface area contributed by atoms with Crippen molar-refractivity contribution in [3.63, 3.8) is 0 Å². The van der Waals surface area contributed by atoms with E-state index >= 15 is 0 Å². The summed E-state index contributed by atoms with van der Waals surface area (Å²) in [5, 5.41) is 11.4. The van der Waals surface area contributed by atoms with E-state index in [1.54, 1.807) is 20.8 Å². The molecular formula is C21H29NO7. The summed E-state index contributed by atoms with van der Waals surface area (Å²) in [5.74, 6) is -3.70. The molecule has 0 unspecified atom stereocenters. The number of carbonyl (C=O) groups excluding carboxylic acids is 3. The Morgan fingerprint density at radius 1 is 1.10 bits per heavy atom. The minimum atomic E-state index is -1.11. The highest BCUT2D eigenvalue weighted by molar-refractivity contribution is 5.88. The van der Waals surface area contributed by atoms with Gasteiger partial charge in [0.15, 0.2) is 0 Å². The third-order valence-electron chi connectivity index (χ3n) is 3.98. The smallest absolute Gasteiger partial charge is 0.328 e. The van der Waals surface area contributed by atoms with Crippen molar-refractivity contribution in [1.82, 2.24) is 5.32 Å². The van der Waals surface area contributed by atoms with Crippen molar-refractivity contribution in [2.24, 2.45) is 5.92 Å². The second-order valence-corrected chi connectivity index (χ2v) is 7.69. The summed E-state index contributed by atoms with van der Waals surface area (Å²) in [6.07, 6.45) is -0.336. The monoisotopic (exact) mass is 407 g/mol. The lowest BCUT2D eigenvalue weighted by atomic mass is 9.94. The Bertz CT molecular complexity index is 709. The van der Waals surface area contributed by atoms with Gasteiger partial charge in [-0.3, -0.25) is 14.4 Å². The van der Waals surface area contributed by atoms with Gasteiger partial charge in [-0.2, -0.15) is 0 Å². The SMILES string of the molecule is COC(=O)[C@@H](CCC(=O)O)NC(=O)[C@@H](CC(=O)OC(C)(C)C)Cc1ccccc1. The molecule has 0 saturated heterocycles. The van der Waals surface area contributed by atoms with E-state index in [1.807, 2.05) is 30.3 Å². The summed E-state index contributed by atoms with van der Waals surface area (Å²) in [4.78, 5) is 47.9. The standard InChI is InChI=1S/C21H29NO7/c1-21(2,3)29-18(25)13-15(12-14-8-6-5-7-9-14)19(26)22-16(20(27)28-4)10-11-17(23)24/h5-9,15-16H,10-13H2,1-4H3,(H,22,26)(H,23,24)/t15-,16-/m1/s1. The molecule has 8 heteroatoms. The third-order valence-corrected chi connectivity index (χ3v) is 3.98. The number of amides is 1. The second-order valence-electron chi connectivity index (χ2n) is 7.69. The molecule has 1 amide bonds. The first-order valence-electron chi connectivity index (χ1n) is 9.37. The molecule has 0 spiro atoms. The van der Waals surface area contributed by atoms with Crippen LogP contribution in [-0.4, -0.2) is 47.7 Å². The molecule has 0 aliphatic rings. The summed E-state index contributed by atoms with van der Waals surface area (Å²) in [6.45, 7) is 5.20.